The van der Waals surface area contributed by atoms with Gasteiger partial charge in [-0.2, -0.15) is 0 Å². The van der Waals surface area contributed by atoms with Gasteiger partial charge < -0.3 is 4.42 Å². The summed E-state index contributed by atoms with van der Waals surface area (Å²) in [5.41, 5.74) is 3.39. The Kier molecular flexibility index (Phi) is 3.44. The Balaban J connectivity index is 2.15. The summed E-state index contributed by atoms with van der Waals surface area (Å²) in [5, 5.41) is 0.643. The molecular formula is C19H16O2. The predicted octanol–water partition coefficient (Wildman–Crippen LogP) is 4.58. The average molecular weight is 276 g/mol. The van der Waals surface area contributed by atoms with Crippen LogP contribution in [-0.4, -0.2) is 0 Å². The first-order chi connectivity index (χ1) is 10.2. The van der Waals surface area contributed by atoms with E-state index in [1.807, 2.05) is 67.6 Å². The smallest absolute Gasteiger partial charge is 0.196 e. The molecule has 1 heterocycles. The van der Waals surface area contributed by atoms with Crippen LogP contribution in [0.5, 0.6) is 0 Å². The largest absolute Gasteiger partial charge is 0.456 e. The normalized spacial score (nSPS) is 11.3. The summed E-state index contributed by atoms with van der Waals surface area (Å²) in [6.07, 6.45) is 3.81. The van der Waals surface area contributed by atoms with Crippen molar-refractivity contribution in [2.24, 2.45) is 0 Å². The summed E-state index contributed by atoms with van der Waals surface area (Å²) in [4.78, 5) is 12.4. The fourth-order valence-electron chi connectivity index (χ4n) is 2.36. The predicted molar refractivity (Wildman–Crippen MR) is 87.3 cm³/mol. The van der Waals surface area contributed by atoms with E-state index < -0.39 is 0 Å². The van der Waals surface area contributed by atoms with Crippen molar-refractivity contribution in [3.63, 3.8) is 0 Å². The van der Waals surface area contributed by atoms with Gasteiger partial charge in [0.2, 0.25) is 0 Å². The maximum atomic E-state index is 12.4. The van der Waals surface area contributed by atoms with E-state index >= 15 is 0 Å². The highest BCUT2D eigenvalue weighted by molar-refractivity contribution is 5.82. The maximum absolute atomic E-state index is 12.4. The SMILES string of the molecule is Cc1c(C=Cc2ccccc2)oc2c(C)cccc2c1=O. The summed E-state index contributed by atoms with van der Waals surface area (Å²) >= 11 is 0. The molecule has 0 saturated heterocycles. The molecule has 0 N–H and O–H groups in total. The van der Waals surface area contributed by atoms with Crippen LogP contribution in [0.4, 0.5) is 0 Å². The van der Waals surface area contributed by atoms with Gasteiger partial charge in [-0.1, -0.05) is 48.5 Å². The van der Waals surface area contributed by atoms with E-state index in [9.17, 15) is 4.79 Å². The third kappa shape index (κ3) is 2.52. The van der Waals surface area contributed by atoms with Gasteiger partial charge >= 0.3 is 0 Å². The van der Waals surface area contributed by atoms with E-state index in [2.05, 4.69) is 0 Å². The lowest BCUT2D eigenvalue weighted by molar-refractivity contribution is 0.583. The maximum Gasteiger partial charge on any atom is 0.196 e. The lowest BCUT2D eigenvalue weighted by Crippen LogP contribution is -2.07. The van der Waals surface area contributed by atoms with Gasteiger partial charge in [0.15, 0.2) is 5.43 Å². The molecule has 0 radical (unpaired) electrons. The Morgan fingerprint density at radius 1 is 0.905 bits per heavy atom. The van der Waals surface area contributed by atoms with Crippen molar-refractivity contribution in [2.45, 2.75) is 13.8 Å². The molecule has 0 atom stereocenters. The Labute approximate surface area is 123 Å². The van der Waals surface area contributed by atoms with Crippen LogP contribution in [0.25, 0.3) is 23.1 Å². The highest BCUT2D eigenvalue weighted by Crippen LogP contribution is 2.20. The Morgan fingerprint density at radius 3 is 2.43 bits per heavy atom. The van der Waals surface area contributed by atoms with E-state index in [1.165, 1.54) is 0 Å². The van der Waals surface area contributed by atoms with Gasteiger partial charge in [-0.05, 0) is 37.1 Å². The number of para-hydroxylation sites is 1. The van der Waals surface area contributed by atoms with Gasteiger partial charge in [0.1, 0.15) is 11.3 Å². The Hall–Kier alpha value is -2.61. The van der Waals surface area contributed by atoms with Crippen LogP contribution >= 0.6 is 0 Å². The molecule has 3 aromatic rings. The quantitative estimate of drug-likeness (QED) is 0.685. The van der Waals surface area contributed by atoms with Crippen molar-refractivity contribution in [1.82, 2.24) is 0 Å². The van der Waals surface area contributed by atoms with Gasteiger partial charge in [0.25, 0.3) is 0 Å². The topological polar surface area (TPSA) is 30.2 Å². The number of aryl methyl sites for hydroxylation is 1. The highest BCUT2D eigenvalue weighted by atomic mass is 16.3. The number of rotatable bonds is 2. The highest BCUT2D eigenvalue weighted by Gasteiger charge is 2.09. The first-order valence-electron chi connectivity index (χ1n) is 6.93. The van der Waals surface area contributed by atoms with Crippen molar-refractivity contribution in [3.8, 4) is 0 Å². The average Bonchev–Trinajstić information content (AvgIpc) is 2.51. The Bertz CT molecular complexity index is 871. The van der Waals surface area contributed by atoms with E-state index in [4.69, 9.17) is 4.42 Å². The van der Waals surface area contributed by atoms with Crippen LogP contribution in [0.2, 0.25) is 0 Å². The molecule has 0 saturated carbocycles. The molecule has 2 aromatic carbocycles. The van der Waals surface area contributed by atoms with Crippen LogP contribution in [0.1, 0.15) is 22.5 Å². The van der Waals surface area contributed by atoms with Gasteiger partial charge in [0.05, 0.1) is 5.39 Å². The first kappa shape index (κ1) is 13.4. The summed E-state index contributed by atoms with van der Waals surface area (Å²) in [6, 6.07) is 15.6. The van der Waals surface area contributed by atoms with Crippen molar-refractivity contribution in [3.05, 3.63) is 81.2 Å². The minimum atomic E-state index is 0.0349. The molecular weight excluding hydrogens is 260 g/mol. The lowest BCUT2D eigenvalue weighted by Gasteiger charge is -2.05. The monoisotopic (exact) mass is 276 g/mol. The third-order valence-electron chi connectivity index (χ3n) is 3.61. The third-order valence-corrected chi connectivity index (χ3v) is 3.61. The zero-order valence-electron chi connectivity index (χ0n) is 12.1. The number of hydrogen-bond acceptors (Lipinski definition) is 2. The molecule has 0 fully saturated rings. The standard InChI is InChI=1S/C19H16O2/c1-13-7-6-10-16-18(20)14(2)17(21-19(13)16)12-11-15-8-4-3-5-9-15/h3-12H,1-2H3. The van der Waals surface area contributed by atoms with Crippen LogP contribution < -0.4 is 5.43 Å². The fourth-order valence-corrected chi connectivity index (χ4v) is 2.36. The summed E-state index contributed by atoms with van der Waals surface area (Å²) in [5.74, 6) is 0.616. The number of benzene rings is 2. The van der Waals surface area contributed by atoms with Gasteiger partial charge in [0, 0.05) is 5.56 Å². The number of fused-ring (bicyclic) bond motifs is 1. The molecule has 0 aliphatic carbocycles. The second-order valence-electron chi connectivity index (χ2n) is 5.12. The zero-order chi connectivity index (χ0) is 14.8. The van der Waals surface area contributed by atoms with Crippen molar-refractivity contribution < 1.29 is 4.42 Å². The minimum Gasteiger partial charge on any atom is -0.456 e. The summed E-state index contributed by atoms with van der Waals surface area (Å²) < 4.78 is 5.94. The van der Waals surface area contributed by atoms with Crippen molar-refractivity contribution in [2.75, 3.05) is 0 Å². The van der Waals surface area contributed by atoms with Crippen LogP contribution in [0.3, 0.4) is 0 Å². The molecule has 0 spiro atoms. The van der Waals surface area contributed by atoms with Gasteiger partial charge in [-0.3, -0.25) is 4.79 Å². The van der Waals surface area contributed by atoms with E-state index in [-0.39, 0.29) is 5.43 Å². The molecule has 1 aromatic heterocycles. The lowest BCUT2D eigenvalue weighted by atomic mass is 10.1. The molecule has 0 unspecified atom stereocenters. The molecule has 0 bridgehead atoms. The second kappa shape index (κ2) is 5.41. The van der Waals surface area contributed by atoms with Crippen LogP contribution in [-0.2, 0) is 0 Å². The number of hydrogen-bond donors (Lipinski definition) is 0. The molecule has 2 heteroatoms. The van der Waals surface area contributed by atoms with Crippen molar-refractivity contribution >= 4 is 23.1 Å². The zero-order valence-corrected chi connectivity index (χ0v) is 12.1. The molecule has 0 aliphatic rings. The Morgan fingerprint density at radius 2 is 1.67 bits per heavy atom. The molecule has 21 heavy (non-hydrogen) atoms. The van der Waals surface area contributed by atoms with Gasteiger partial charge in [-0.15, -0.1) is 0 Å². The minimum absolute atomic E-state index is 0.0349. The van der Waals surface area contributed by atoms with Crippen molar-refractivity contribution in [1.29, 1.82) is 0 Å². The van der Waals surface area contributed by atoms with E-state index in [0.717, 1.165) is 11.1 Å². The van der Waals surface area contributed by atoms with Gasteiger partial charge in [-0.25, -0.2) is 0 Å². The molecule has 3 rings (SSSR count). The molecule has 2 nitrogen and oxygen atoms in total. The fraction of sp³-hybridized carbons (Fsp3) is 0.105. The molecule has 104 valence electrons. The molecule has 0 amide bonds. The van der Waals surface area contributed by atoms with Crippen LogP contribution in [0.15, 0.2) is 57.7 Å². The first-order valence-corrected chi connectivity index (χ1v) is 6.93. The van der Waals surface area contributed by atoms with Crippen LogP contribution in [0, 0.1) is 13.8 Å². The van der Waals surface area contributed by atoms with E-state index in [0.29, 0.717) is 22.3 Å². The molecule has 0 aliphatic heterocycles. The summed E-state index contributed by atoms with van der Waals surface area (Å²) in [7, 11) is 0. The summed E-state index contributed by atoms with van der Waals surface area (Å²) in [6.45, 7) is 3.75. The van der Waals surface area contributed by atoms with E-state index in [1.54, 1.807) is 6.92 Å². The second-order valence-corrected chi connectivity index (χ2v) is 5.12.